The van der Waals surface area contributed by atoms with Gasteiger partial charge in [-0.2, -0.15) is 0 Å². The summed E-state index contributed by atoms with van der Waals surface area (Å²) >= 11 is 0. The summed E-state index contributed by atoms with van der Waals surface area (Å²) in [5, 5.41) is 1.21. The van der Waals surface area contributed by atoms with Crippen LogP contribution in [-0.2, 0) is 15.9 Å². The molecule has 1 saturated heterocycles. The van der Waals surface area contributed by atoms with Gasteiger partial charge in [-0.15, -0.1) is 0 Å². The Labute approximate surface area is 207 Å². The van der Waals surface area contributed by atoms with Gasteiger partial charge in [0, 0.05) is 42.5 Å². The molecule has 0 N–H and O–H groups in total. The first kappa shape index (κ1) is 23.6. The van der Waals surface area contributed by atoms with Crippen molar-refractivity contribution in [2.75, 3.05) is 31.1 Å². The first-order valence-electron chi connectivity index (χ1n) is 12.7. The van der Waals surface area contributed by atoms with Crippen LogP contribution in [0.15, 0.2) is 60.8 Å². The second-order valence-electron chi connectivity index (χ2n) is 10.6. The molecule has 0 radical (unpaired) electrons. The van der Waals surface area contributed by atoms with E-state index in [4.69, 9.17) is 9.47 Å². The lowest BCUT2D eigenvalue weighted by atomic mass is 9.96. The zero-order valence-corrected chi connectivity index (χ0v) is 20.9. The number of ether oxygens (including phenoxy) is 2. The molecule has 1 atom stereocenters. The van der Waals surface area contributed by atoms with E-state index < -0.39 is 11.8 Å². The van der Waals surface area contributed by atoms with Crippen LogP contribution in [-0.4, -0.2) is 47.8 Å². The molecule has 0 saturated carbocycles. The summed E-state index contributed by atoms with van der Waals surface area (Å²) in [5.41, 5.74) is 4.07. The number of amides is 1. The smallest absolute Gasteiger partial charge is 0.412 e. The lowest BCUT2D eigenvalue weighted by Crippen LogP contribution is -2.44. The molecule has 3 aromatic rings. The minimum Gasteiger partial charge on any atom is -0.444 e. The Morgan fingerprint density at radius 1 is 1.00 bits per heavy atom. The van der Waals surface area contributed by atoms with E-state index in [1.54, 1.807) is 4.90 Å². The molecular weight excluding hydrogens is 438 g/mol. The van der Waals surface area contributed by atoms with E-state index in [2.05, 4.69) is 52.3 Å². The zero-order chi connectivity index (χ0) is 24.4. The summed E-state index contributed by atoms with van der Waals surface area (Å²) in [6.45, 7) is 8.90. The summed E-state index contributed by atoms with van der Waals surface area (Å²) in [6, 6.07) is 18.7. The quantitative estimate of drug-likeness (QED) is 0.468. The second kappa shape index (κ2) is 9.86. The van der Waals surface area contributed by atoms with Crippen molar-refractivity contribution in [2.24, 2.45) is 5.92 Å². The largest absolute Gasteiger partial charge is 0.444 e. The van der Waals surface area contributed by atoms with Gasteiger partial charge in [-0.25, -0.2) is 4.79 Å². The molecule has 3 heterocycles. The number of hydrogen-bond donors (Lipinski definition) is 0. The maximum atomic E-state index is 13.0. The third-order valence-corrected chi connectivity index (χ3v) is 6.93. The maximum Gasteiger partial charge on any atom is 0.412 e. The van der Waals surface area contributed by atoms with Gasteiger partial charge in [0.2, 0.25) is 0 Å². The summed E-state index contributed by atoms with van der Waals surface area (Å²) in [7, 11) is 0. The van der Waals surface area contributed by atoms with E-state index in [9.17, 15) is 4.79 Å². The maximum absolute atomic E-state index is 13.0. The van der Waals surface area contributed by atoms with Crippen molar-refractivity contribution in [1.29, 1.82) is 0 Å². The lowest BCUT2D eigenvalue weighted by Gasteiger charge is -2.39. The van der Waals surface area contributed by atoms with Crippen molar-refractivity contribution in [3.8, 4) is 0 Å². The fraction of sp³-hybridized carbons (Fsp3) is 0.448. The third kappa shape index (κ3) is 5.27. The summed E-state index contributed by atoms with van der Waals surface area (Å²) in [4.78, 5) is 21.7. The molecular formula is C29H35N3O3. The number of fused-ring (bicyclic) bond motifs is 2. The molecule has 6 heteroatoms. The third-order valence-electron chi connectivity index (χ3n) is 6.93. The fourth-order valence-corrected chi connectivity index (χ4v) is 5.14. The Balaban J connectivity index is 1.25. The number of nitrogens with zero attached hydrogens (tertiary/aromatic N) is 3. The van der Waals surface area contributed by atoms with Gasteiger partial charge in [0.15, 0.2) is 6.23 Å². The number of carbonyl (C=O) groups is 1. The van der Waals surface area contributed by atoms with Gasteiger partial charge in [-0.05, 0) is 63.6 Å². The van der Waals surface area contributed by atoms with E-state index in [0.717, 1.165) is 43.4 Å². The van der Waals surface area contributed by atoms with Gasteiger partial charge in [-0.3, -0.25) is 9.88 Å². The molecule has 184 valence electrons. The van der Waals surface area contributed by atoms with E-state index in [1.807, 2.05) is 39.1 Å². The summed E-state index contributed by atoms with van der Waals surface area (Å²) in [6.07, 6.45) is 4.11. The monoisotopic (exact) mass is 473 g/mol. The molecule has 1 aromatic heterocycles. The first-order valence-corrected chi connectivity index (χ1v) is 12.7. The van der Waals surface area contributed by atoms with Crippen LogP contribution in [0.2, 0.25) is 0 Å². The van der Waals surface area contributed by atoms with Crippen molar-refractivity contribution in [1.82, 2.24) is 9.88 Å². The highest BCUT2D eigenvalue weighted by molar-refractivity contribution is 5.91. The molecule has 1 unspecified atom stereocenters. The van der Waals surface area contributed by atoms with Crippen LogP contribution >= 0.6 is 0 Å². The van der Waals surface area contributed by atoms with Gasteiger partial charge in [0.1, 0.15) is 5.60 Å². The molecule has 1 fully saturated rings. The van der Waals surface area contributed by atoms with Gasteiger partial charge in [0.05, 0.1) is 12.1 Å². The number of hydrogen-bond acceptors (Lipinski definition) is 5. The Bertz CT molecular complexity index is 1180. The van der Waals surface area contributed by atoms with Crippen molar-refractivity contribution in [3.05, 3.63) is 71.9 Å². The van der Waals surface area contributed by atoms with Gasteiger partial charge in [-0.1, -0.05) is 42.5 Å². The van der Waals surface area contributed by atoms with Crippen LogP contribution in [0.25, 0.3) is 10.9 Å². The zero-order valence-electron chi connectivity index (χ0n) is 20.9. The molecule has 6 nitrogen and oxygen atoms in total. The molecule has 0 spiro atoms. The minimum absolute atomic E-state index is 0.309. The second-order valence-corrected chi connectivity index (χ2v) is 10.6. The van der Waals surface area contributed by atoms with Gasteiger partial charge < -0.3 is 14.4 Å². The molecule has 35 heavy (non-hydrogen) atoms. The lowest BCUT2D eigenvalue weighted by molar-refractivity contribution is -0.0853. The fourth-order valence-electron chi connectivity index (χ4n) is 5.14. The average molecular weight is 474 g/mol. The SMILES string of the molecule is CC(C)(C)OC(=O)N1CCc2ccccc2C1OCC1CCN(c2ccnc3ccccc23)CC1. The normalized spacial score (nSPS) is 19.0. The van der Waals surface area contributed by atoms with Gasteiger partial charge >= 0.3 is 6.09 Å². The molecule has 0 aliphatic carbocycles. The van der Waals surface area contributed by atoms with E-state index in [0.29, 0.717) is 19.1 Å². The molecule has 2 aliphatic heterocycles. The van der Waals surface area contributed by atoms with Crippen molar-refractivity contribution >= 4 is 22.7 Å². The number of aromatic nitrogens is 1. The Hall–Kier alpha value is -3.12. The number of piperidine rings is 1. The van der Waals surface area contributed by atoms with E-state index >= 15 is 0 Å². The number of pyridine rings is 1. The number of benzene rings is 2. The number of para-hydroxylation sites is 1. The van der Waals surface area contributed by atoms with E-state index in [1.165, 1.54) is 16.6 Å². The number of anilines is 1. The minimum atomic E-state index is -0.539. The Kier molecular flexibility index (Phi) is 6.65. The molecule has 2 aromatic carbocycles. The van der Waals surface area contributed by atoms with Crippen molar-refractivity contribution < 1.29 is 14.3 Å². The average Bonchev–Trinajstić information content (AvgIpc) is 2.86. The standard InChI is InChI=1S/C29H35N3O3/c1-29(2,3)35-28(33)32-19-15-22-8-4-5-9-23(22)27(32)34-20-21-13-17-31(18-14-21)26-12-16-30-25-11-7-6-10-24(25)26/h4-12,16,21,27H,13-15,17-20H2,1-3H3. The predicted octanol–water partition coefficient (Wildman–Crippen LogP) is 5.96. The summed E-state index contributed by atoms with van der Waals surface area (Å²) in [5.74, 6) is 0.453. The van der Waals surface area contributed by atoms with Crippen molar-refractivity contribution in [3.63, 3.8) is 0 Å². The Morgan fingerprint density at radius 3 is 2.54 bits per heavy atom. The highest BCUT2D eigenvalue weighted by Crippen LogP contribution is 2.34. The first-order chi connectivity index (χ1) is 16.9. The van der Waals surface area contributed by atoms with Crippen LogP contribution in [0.5, 0.6) is 0 Å². The van der Waals surface area contributed by atoms with Gasteiger partial charge in [0.25, 0.3) is 0 Å². The van der Waals surface area contributed by atoms with Crippen molar-refractivity contribution in [2.45, 2.75) is 51.9 Å². The highest BCUT2D eigenvalue weighted by atomic mass is 16.6. The summed E-state index contributed by atoms with van der Waals surface area (Å²) < 4.78 is 12.2. The van der Waals surface area contributed by atoms with Crippen LogP contribution in [0, 0.1) is 5.92 Å². The predicted molar refractivity (Wildman–Crippen MR) is 138 cm³/mol. The van der Waals surface area contributed by atoms with Crippen LogP contribution in [0.3, 0.4) is 0 Å². The highest BCUT2D eigenvalue weighted by Gasteiger charge is 2.35. The molecule has 1 amide bonds. The number of rotatable bonds is 4. The molecule has 5 rings (SSSR count). The van der Waals surface area contributed by atoms with Crippen LogP contribution < -0.4 is 4.90 Å². The van der Waals surface area contributed by atoms with Crippen LogP contribution in [0.4, 0.5) is 10.5 Å². The van der Waals surface area contributed by atoms with E-state index in [-0.39, 0.29) is 6.09 Å². The molecule has 2 aliphatic rings. The Morgan fingerprint density at radius 2 is 1.74 bits per heavy atom. The molecule has 0 bridgehead atoms. The number of carbonyl (C=O) groups excluding carboxylic acids is 1. The van der Waals surface area contributed by atoms with Crippen LogP contribution in [0.1, 0.15) is 51.0 Å². The topological polar surface area (TPSA) is 54.9 Å².